The SMILES string of the molecule is CCC(Oc1c(-c2ccc(OC)cc2)oc2ccccc2c1=O)C(=O)Nc1nc2ccc(Cl)cc2s1. The predicted octanol–water partition coefficient (Wildman–Crippen LogP) is 6.53. The Morgan fingerprint density at radius 2 is 1.92 bits per heavy atom. The molecule has 2 heterocycles. The number of hydrogen-bond donors (Lipinski definition) is 1. The number of hydrogen-bond acceptors (Lipinski definition) is 7. The molecule has 1 atom stereocenters. The van der Waals surface area contributed by atoms with Gasteiger partial charge in [-0.3, -0.25) is 14.9 Å². The highest BCUT2D eigenvalue weighted by Gasteiger charge is 2.25. The summed E-state index contributed by atoms with van der Waals surface area (Å²) in [5, 5.41) is 4.18. The Labute approximate surface area is 215 Å². The minimum atomic E-state index is -0.957. The quantitative estimate of drug-likeness (QED) is 0.262. The fourth-order valence-corrected chi connectivity index (χ4v) is 4.91. The monoisotopic (exact) mass is 520 g/mol. The van der Waals surface area contributed by atoms with E-state index in [4.69, 9.17) is 25.5 Å². The molecule has 36 heavy (non-hydrogen) atoms. The number of ether oxygens (including phenoxy) is 2. The van der Waals surface area contributed by atoms with Crippen LogP contribution in [0.5, 0.6) is 11.5 Å². The number of aromatic nitrogens is 1. The van der Waals surface area contributed by atoms with Crippen molar-refractivity contribution in [2.24, 2.45) is 0 Å². The highest BCUT2D eigenvalue weighted by atomic mass is 35.5. The van der Waals surface area contributed by atoms with Crippen molar-refractivity contribution in [3.63, 3.8) is 0 Å². The van der Waals surface area contributed by atoms with Gasteiger partial charge < -0.3 is 13.9 Å². The number of carbonyl (C=O) groups is 1. The van der Waals surface area contributed by atoms with Gasteiger partial charge >= 0.3 is 0 Å². The molecule has 1 unspecified atom stereocenters. The number of halogens is 1. The van der Waals surface area contributed by atoms with E-state index >= 15 is 0 Å². The second kappa shape index (κ2) is 10.0. The molecule has 0 aliphatic carbocycles. The molecule has 0 saturated carbocycles. The van der Waals surface area contributed by atoms with Gasteiger partial charge in [0, 0.05) is 10.6 Å². The standard InChI is InChI=1S/C27H21ClN2O5S/c1-3-20(26(32)30-27-29-19-13-10-16(28)14-22(19)36-27)34-25-23(31)18-6-4-5-7-21(18)35-24(25)15-8-11-17(33-2)12-9-15/h4-14,20H,3H2,1-2H3,(H,29,30,32). The summed E-state index contributed by atoms with van der Waals surface area (Å²) in [6.45, 7) is 1.80. The molecule has 0 aliphatic rings. The third-order valence-corrected chi connectivity index (χ3v) is 6.78. The summed E-state index contributed by atoms with van der Waals surface area (Å²) in [4.78, 5) is 31.1. The van der Waals surface area contributed by atoms with Crippen LogP contribution < -0.4 is 20.2 Å². The molecule has 0 aliphatic heterocycles. The van der Waals surface area contributed by atoms with E-state index in [1.54, 1.807) is 80.8 Å². The molecule has 1 N–H and O–H groups in total. The van der Waals surface area contributed by atoms with E-state index in [1.165, 1.54) is 11.3 Å². The maximum absolute atomic E-state index is 13.5. The average molecular weight is 521 g/mol. The molecule has 5 rings (SSSR count). The largest absolute Gasteiger partial charge is 0.497 e. The Morgan fingerprint density at radius 1 is 1.14 bits per heavy atom. The fourth-order valence-electron chi connectivity index (χ4n) is 3.77. The Kier molecular flexibility index (Phi) is 6.63. The number of benzene rings is 3. The van der Waals surface area contributed by atoms with E-state index in [0.717, 1.165) is 10.2 Å². The summed E-state index contributed by atoms with van der Waals surface area (Å²) in [7, 11) is 1.57. The zero-order valence-electron chi connectivity index (χ0n) is 19.4. The Bertz CT molecular complexity index is 1630. The summed E-state index contributed by atoms with van der Waals surface area (Å²) in [5.41, 5.74) is 1.41. The van der Waals surface area contributed by atoms with Crippen molar-refractivity contribution in [2.45, 2.75) is 19.4 Å². The molecule has 0 bridgehead atoms. The molecule has 0 spiro atoms. The van der Waals surface area contributed by atoms with Crippen LogP contribution >= 0.6 is 22.9 Å². The fraction of sp³-hybridized carbons (Fsp3) is 0.148. The third kappa shape index (κ3) is 4.65. The van der Waals surface area contributed by atoms with E-state index < -0.39 is 12.0 Å². The Morgan fingerprint density at radius 3 is 2.67 bits per heavy atom. The number of thiazole rings is 1. The molecule has 5 aromatic rings. The maximum atomic E-state index is 13.5. The smallest absolute Gasteiger partial charge is 0.267 e. The van der Waals surface area contributed by atoms with Gasteiger partial charge in [-0.2, -0.15) is 0 Å². The summed E-state index contributed by atoms with van der Waals surface area (Å²) in [6, 6.07) is 19.3. The highest BCUT2D eigenvalue weighted by Crippen LogP contribution is 2.33. The second-order valence-electron chi connectivity index (χ2n) is 7.95. The van der Waals surface area contributed by atoms with E-state index in [2.05, 4.69) is 10.3 Å². The molecule has 3 aromatic carbocycles. The zero-order valence-corrected chi connectivity index (χ0v) is 21.0. The number of nitrogens with one attached hydrogen (secondary N) is 1. The number of para-hydroxylation sites is 1. The van der Waals surface area contributed by atoms with Crippen LogP contribution in [0.15, 0.2) is 75.9 Å². The Balaban J connectivity index is 1.50. The van der Waals surface area contributed by atoms with Gasteiger partial charge in [0.25, 0.3) is 5.91 Å². The summed E-state index contributed by atoms with van der Waals surface area (Å²) < 4.78 is 18.3. The lowest BCUT2D eigenvalue weighted by Crippen LogP contribution is -2.34. The van der Waals surface area contributed by atoms with Crippen molar-refractivity contribution in [1.29, 1.82) is 0 Å². The van der Waals surface area contributed by atoms with Crippen molar-refractivity contribution < 1.29 is 18.7 Å². The number of rotatable bonds is 7. The van der Waals surface area contributed by atoms with Crippen LogP contribution in [0.4, 0.5) is 5.13 Å². The summed E-state index contributed by atoms with van der Waals surface area (Å²) in [5.74, 6) is 0.447. The van der Waals surface area contributed by atoms with Crippen molar-refractivity contribution in [1.82, 2.24) is 4.98 Å². The van der Waals surface area contributed by atoms with Crippen LogP contribution in [0.3, 0.4) is 0 Å². The third-order valence-electron chi connectivity index (χ3n) is 5.61. The molecule has 182 valence electrons. The number of fused-ring (bicyclic) bond motifs is 2. The van der Waals surface area contributed by atoms with Gasteiger partial charge in [-0.1, -0.05) is 42.0 Å². The van der Waals surface area contributed by atoms with Gasteiger partial charge in [0.1, 0.15) is 11.3 Å². The maximum Gasteiger partial charge on any atom is 0.267 e. The number of amides is 1. The molecule has 0 radical (unpaired) electrons. The van der Waals surface area contributed by atoms with E-state index in [9.17, 15) is 9.59 Å². The summed E-state index contributed by atoms with van der Waals surface area (Å²) in [6.07, 6.45) is -0.640. The van der Waals surface area contributed by atoms with Crippen LogP contribution in [0.25, 0.3) is 32.5 Å². The first-order chi connectivity index (χ1) is 17.5. The topological polar surface area (TPSA) is 90.7 Å². The van der Waals surface area contributed by atoms with Gasteiger partial charge in [0.15, 0.2) is 17.0 Å². The number of nitrogens with zero attached hydrogens (tertiary/aromatic N) is 1. The van der Waals surface area contributed by atoms with E-state index in [-0.39, 0.29) is 16.9 Å². The first-order valence-electron chi connectivity index (χ1n) is 11.2. The van der Waals surface area contributed by atoms with Gasteiger partial charge in [-0.25, -0.2) is 4.98 Å². The van der Waals surface area contributed by atoms with Gasteiger partial charge in [0.05, 0.1) is 22.7 Å². The van der Waals surface area contributed by atoms with E-state index in [1.807, 2.05) is 0 Å². The van der Waals surface area contributed by atoms with Crippen molar-refractivity contribution in [3.05, 3.63) is 82.0 Å². The normalized spacial score (nSPS) is 12.0. The van der Waals surface area contributed by atoms with Crippen LogP contribution in [-0.4, -0.2) is 24.1 Å². The van der Waals surface area contributed by atoms with Crippen LogP contribution in [0, 0.1) is 0 Å². The average Bonchev–Trinajstić information content (AvgIpc) is 3.29. The highest BCUT2D eigenvalue weighted by molar-refractivity contribution is 7.22. The van der Waals surface area contributed by atoms with Crippen molar-refractivity contribution in [2.75, 3.05) is 12.4 Å². The van der Waals surface area contributed by atoms with Crippen molar-refractivity contribution in [3.8, 4) is 22.8 Å². The first kappa shape index (κ1) is 23.8. The molecular formula is C27H21ClN2O5S. The number of carbonyl (C=O) groups excluding carboxylic acids is 1. The lowest BCUT2D eigenvalue weighted by molar-refractivity contribution is -0.122. The molecule has 0 fully saturated rings. The van der Waals surface area contributed by atoms with Crippen LogP contribution in [-0.2, 0) is 4.79 Å². The molecule has 7 nitrogen and oxygen atoms in total. The lowest BCUT2D eigenvalue weighted by Gasteiger charge is -2.18. The van der Waals surface area contributed by atoms with E-state index in [0.29, 0.717) is 38.9 Å². The predicted molar refractivity (Wildman–Crippen MR) is 142 cm³/mol. The molecule has 1 amide bonds. The van der Waals surface area contributed by atoms with Crippen LogP contribution in [0.1, 0.15) is 13.3 Å². The molecule has 9 heteroatoms. The van der Waals surface area contributed by atoms with Crippen molar-refractivity contribution >= 4 is 55.2 Å². The lowest BCUT2D eigenvalue weighted by atomic mass is 10.1. The van der Waals surface area contributed by atoms with Crippen LogP contribution in [0.2, 0.25) is 5.02 Å². The number of anilines is 1. The summed E-state index contributed by atoms with van der Waals surface area (Å²) >= 11 is 7.37. The van der Waals surface area contributed by atoms with Gasteiger partial charge in [-0.05, 0) is 61.0 Å². The number of methoxy groups -OCH3 is 1. The first-order valence-corrected chi connectivity index (χ1v) is 12.4. The van der Waals surface area contributed by atoms with Gasteiger partial charge in [0.2, 0.25) is 11.2 Å². The molecule has 2 aromatic heterocycles. The minimum Gasteiger partial charge on any atom is -0.497 e. The zero-order chi connectivity index (χ0) is 25.2. The minimum absolute atomic E-state index is 0.0306. The molecular weight excluding hydrogens is 500 g/mol. The Hall–Kier alpha value is -3.88. The second-order valence-corrected chi connectivity index (χ2v) is 9.42. The van der Waals surface area contributed by atoms with Gasteiger partial charge in [-0.15, -0.1) is 0 Å². The molecule has 0 saturated heterocycles.